The Morgan fingerprint density at radius 3 is 2.44 bits per heavy atom. The molecule has 0 N–H and O–H groups in total. The van der Waals surface area contributed by atoms with Crippen molar-refractivity contribution in [2.24, 2.45) is 0 Å². The molecule has 2 aliphatic rings. The van der Waals surface area contributed by atoms with Gasteiger partial charge in [-0.1, -0.05) is 0 Å². The van der Waals surface area contributed by atoms with E-state index in [9.17, 15) is 8.42 Å². The summed E-state index contributed by atoms with van der Waals surface area (Å²) in [6, 6.07) is 0. The Labute approximate surface area is 53.9 Å². The third-order valence-corrected chi connectivity index (χ3v) is 4.54. The molecule has 0 amide bonds. The lowest BCUT2D eigenvalue weighted by atomic mass is 10.3. The average molecular weight is 148 g/mol. The molecule has 0 aromatic rings. The summed E-state index contributed by atoms with van der Waals surface area (Å²) in [6.45, 7) is 1.65. The van der Waals surface area contributed by atoms with Crippen LogP contribution in [0.25, 0.3) is 0 Å². The van der Waals surface area contributed by atoms with Crippen LogP contribution in [-0.4, -0.2) is 25.2 Å². The first-order chi connectivity index (χ1) is 4.06. The molecule has 0 aromatic carbocycles. The first-order valence-corrected chi connectivity index (χ1v) is 4.62. The fourth-order valence-corrected chi connectivity index (χ4v) is 3.02. The van der Waals surface area contributed by atoms with Gasteiger partial charge in [0.15, 0.2) is 14.8 Å². The molecule has 2 aliphatic heterocycles. The molecule has 9 heavy (non-hydrogen) atoms. The molecule has 2 rings (SSSR count). The largest absolute Gasteiger partial charge is 0.349 e. The van der Waals surface area contributed by atoms with Gasteiger partial charge in [0, 0.05) is 0 Å². The zero-order valence-corrected chi connectivity index (χ0v) is 5.94. The van der Waals surface area contributed by atoms with E-state index in [0.29, 0.717) is 12.2 Å². The molecule has 52 valence electrons. The molecule has 0 bridgehead atoms. The molecular formula is C5H8O3S. The molecular weight excluding hydrogens is 140 g/mol. The number of fused-ring (bicyclic) bond motifs is 1. The van der Waals surface area contributed by atoms with Crippen molar-refractivity contribution >= 4 is 9.84 Å². The number of ether oxygens (including phenoxy) is 1. The van der Waals surface area contributed by atoms with E-state index in [1.807, 2.05) is 0 Å². The lowest BCUT2D eigenvalue weighted by Gasteiger charge is -1.98. The number of hydrogen-bond donors (Lipinski definition) is 0. The summed E-state index contributed by atoms with van der Waals surface area (Å²) >= 11 is 0. The van der Waals surface area contributed by atoms with Crippen molar-refractivity contribution < 1.29 is 13.2 Å². The van der Waals surface area contributed by atoms with Crippen molar-refractivity contribution in [3.63, 3.8) is 0 Å². The van der Waals surface area contributed by atoms with Crippen LogP contribution in [0.1, 0.15) is 13.3 Å². The van der Waals surface area contributed by atoms with Gasteiger partial charge in [-0.15, -0.1) is 0 Å². The van der Waals surface area contributed by atoms with E-state index in [1.54, 1.807) is 6.92 Å². The monoisotopic (exact) mass is 148 g/mol. The topological polar surface area (TPSA) is 46.7 Å². The number of hydrogen-bond acceptors (Lipinski definition) is 3. The average Bonchev–Trinajstić information content (AvgIpc) is 2.34. The quantitative estimate of drug-likeness (QED) is 0.451. The SMILES string of the molecule is C[C@@]12O[C@H]1CCS2(=O)=O. The molecule has 0 aliphatic carbocycles. The highest BCUT2D eigenvalue weighted by Gasteiger charge is 2.66. The Morgan fingerprint density at radius 2 is 2.33 bits per heavy atom. The molecule has 0 unspecified atom stereocenters. The van der Waals surface area contributed by atoms with Gasteiger partial charge in [0.1, 0.15) is 6.10 Å². The summed E-state index contributed by atoms with van der Waals surface area (Å²) in [5, 5.41) is 0. The van der Waals surface area contributed by atoms with Crippen LogP contribution in [0.5, 0.6) is 0 Å². The van der Waals surface area contributed by atoms with E-state index in [-0.39, 0.29) is 6.10 Å². The van der Waals surface area contributed by atoms with Gasteiger partial charge < -0.3 is 4.74 Å². The van der Waals surface area contributed by atoms with E-state index >= 15 is 0 Å². The summed E-state index contributed by atoms with van der Waals surface area (Å²) < 4.78 is 27.0. The van der Waals surface area contributed by atoms with Crippen molar-refractivity contribution in [1.29, 1.82) is 0 Å². The Hall–Kier alpha value is -0.0900. The lowest BCUT2D eigenvalue weighted by molar-refractivity contribution is 0.341. The molecule has 0 aromatic heterocycles. The second-order valence-corrected chi connectivity index (χ2v) is 5.18. The van der Waals surface area contributed by atoms with E-state index < -0.39 is 14.8 Å². The third kappa shape index (κ3) is 0.483. The van der Waals surface area contributed by atoms with Crippen molar-refractivity contribution in [3.05, 3.63) is 0 Å². The minimum Gasteiger partial charge on any atom is -0.349 e. The molecule has 2 heterocycles. The summed E-state index contributed by atoms with van der Waals surface area (Å²) in [4.78, 5) is -0.771. The van der Waals surface area contributed by atoms with E-state index in [4.69, 9.17) is 4.74 Å². The fourth-order valence-electron chi connectivity index (χ4n) is 1.31. The van der Waals surface area contributed by atoms with Gasteiger partial charge in [-0.25, -0.2) is 8.42 Å². The third-order valence-electron chi connectivity index (χ3n) is 2.17. The molecule has 0 saturated carbocycles. The Balaban J connectivity index is 2.51. The van der Waals surface area contributed by atoms with Gasteiger partial charge in [0.25, 0.3) is 0 Å². The standard InChI is InChI=1S/C5H8O3S/c1-5-4(8-5)2-3-9(5,6)7/h4H,2-3H2,1H3/t4-,5-/m0/s1. The van der Waals surface area contributed by atoms with Gasteiger partial charge in [-0.05, 0) is 13.3 Å². The maximum absolute atomic E-state index is 11.0. The summed E-state index contributed by atoms with van der Waals surface area (Å²) in [7, 11) is -2.87. The van der Waals surface area contributed by atoms with E-state index in [0.717, 1.165) is 0 Å². The second kappa shape index (κ2) is 1.18. The molecule has 0 radical (unpaired) electrons. The van der Waals surface area contributed by atoms with Crippen molar-refractivity contribution in [3.8, 4) is 0 Å². The van der Waals surface area contributed by atoms with Gasteiger partial charge >= 0.3 is 0 Å². The van der Waals surface area contributed by atoms with Crippen LogP contribution in [0, 0.1) is 0 Å². The van der Waals surface area contributed by atoms with Crippen LogP contribution in [-0.2, 0) is 14.6 Å². The van der Waals surface area contributed by atoms with E-state index in [1.165, 1.54) is 0 Å². The Kier molecular flexibility index (Phi) is 0.743. The normalized spacial score (nSPS) is 52.8. The summed E-state index contributed by atoms with van der Waals surface area (Å²) in [5.41, 5.74) is 0. The number of sulfone groups is 1. The van der Waals surface area contributed by atoms with Crippen LogP contribution in [0.4, 0.5) is 0 Å². The Bertz CT molecular complexity index is 241. The molecule has 2 saturated heterocycles. The van der Waals surface area contributed by atoms with Crippen LogP contribution < -0.4 is 0 Å². The van der Waals surface area contributed by atoms with Crippen LogP contribution in [0.2, 0.25) is 0 Å². The predicted molar refractivity (Wildman–Crippen MR) is 31.7 cm³/mol. The number of rotatable bonds is 0. The van der Waals surface area contributed by atoms with Crippen molar-refractivity contribution in [2.45, 2.75) is 24.4 Å². The van der Waals surface area contributed by atoms with E-state index in [2.05, 4.69) is 0 Å². The van der Waals surface area contributed by atoms with Gasteiger partial charge in [-0.3, -0.25) is 0 Å². The van der Waals surface area contributed by atoms with Gasteiger partial charge in [0.05, 0.1) is 5.75 Å². The summed E-state index contributed by atoms with van der Waals surface area (Å²) in [6.07, 6.45) is 0.709. The van der Waals surface area contributed by atoms with Crippen LogP contribution >= 0.6 is 0 Å². The molecule has 4 heteroatoms. The highest BCUT2D eigenvalue weighted by molar-refractivity contribution is 7.93. The highest BCUT2D eigenvalue weighted by Crippen LogP contribution is 2.49. The maximum atomic E-state index is 11.0. The van der Waals surface area contributed by atoms with Crippen molar-refractivity contribution in [1.82, 2.24) is 0 Å². The van der Waals surface area contributed by atoms with Crippen molar-refractivity contribution in [2.75, 3.05) is 5.75 Å². The van der Waals surface area contributed by atoms with Crippen LogP contribution in [0.3, 0.4) is 0 Å². The van der Waals surface area contributed by atoms with Gasteiger partial charge in [0.2, 0.25) is 0 Å². The maximum Gasteiger partial charge on any atom is 0.192 e. The molecule has 2 atom stereocenters. The first-order valence-electron chi connectivity index (χ1n) is 2.96. The molecule has 0 spiro atoms. The first kappa shape index (κ1) is 5.68. The highest BCUT2D eigenvalue weighted by atomic mass is 32.2. The predicted octanol–water partition coefficient (Wildman–Crippen LogP) is -0.0801. The van der Waals surface area contributed by atoms with Crippen LogP contribution in [0.15, 0.2) is 0 Å². The second-order valence-electron chi connectivity index (χ2n) is 2.73. The molecule has 3 nitrogen and oxygen atoms in total. The lowest BCUT2D eigenvalue weighted by Crippen LogP contribution is -2.18. The smallest absolute Gasteiger partial charge is 0.192 e. The van der Waals surface area contributed by atoms with Gasteiger partial charge in [-0.2, -0.15) is 0 Å². The number of epoxide rings is 1. The molecule has 2 fully saturated rings. The Morgan fingerprint density at radius 1 is 1.67 bits per heavy atom. The zero-order chi connectivity index (χ0) is 6.70. The zero-order valence-electron chi connectivity index (χ0n) is 5.12. The minimum absolute atomic E-state index is 0.0162. The summed E-state index contributed by atoms with van der Waals surface area (Å²) in [5.74, 6) is 0.314. The minimum atomic E-state index is -2.87. The fraction of sp³-hybridized carbons (Fsp3) is 1.00.